The molecule has 0 radical (unpaired) electrons. The van der Waals surface area contributed by atoms with Crippen LogP contribution in [0.2, 0.25) is 0 Å². The van der Waals surface area contributed by atoms with Gasteiger partial charge in [-0.25, -0.2) is 4.57 Å². The van der Waals surface area contributed by atoms with E-state index in [-0.39, 0.29) is 26.1 Å². The normalized spacial score (nSPS) is 14.2. The quantitative estimate of drug-likeness (QED) is 0.0279. The molecule has 0 rings (SSSR count). The van der Waals surface area contributed by atoms with Gasteiger partial charge in [-0.15, -0.1) is 0 Å². The molecular weight excluding hydrogens is 677 g/mol. The maximum atomic E-state index is 12.6. The fourth-order valence-electron chi connectivity index (χ4n) is 4.81. The highest BCUT2D eigenvalue weighted by atomic mass is 31.2. The van der Waals surface area contributed by atoms with Gasteiger partial charge in [0.1, 0.15) is 6.61 Å². The molecule has 0 aromatic heterocycles. The van der Waals surface area contributed by atoms with Crippen molar-refractivity contribution in [2.45, 2.75) is 148 Å². The van der Waals surface area contributed by atoms with Gasteiger partial charge in [-0.05, 0) is 90.5 Å². The zero-order valence-corrected chi connectivity index (χ0v) is 33.6. The van der Waals surface area contributed by atoms with Crippen LogP contribution < -0.4 is 5.32 Å². The molecule has 2 atom stereocenters. The molecule has 0 aliphatic heterocycles. The predicted molar refractivity (Wildman–Crippen MR) is 215 cm³/mol. The van der Waals surface area contributed by atoms with E-state index in [0.717, 1.165) is 77.0 Å². The van der Waals surface area contributed by atoms with Crippen LogP contribution in [0.15, 0.2) is 72.9 Å². The summed E-state index contributed by atoms with van der Waals surface area (Å²) in [4.78, 5) is 34.9. The molecule has 0 fully saturated rings. The van der Waals surface area contributed by atoms with E-state index < -0.39 is 32.5 Å². The monoisotopic (exact) mass is 749 g/mol. The van der Waals surface area contributed by atoms with E-state index in [0.29, 0.717) is 19.4 Å². The first kappa shape index (κ1) is 49.5. The molecule has 10 heteroatoms. The lowest BCUT2D eigenvalue weighted by Crippen LogP contribution is -2.29. The first-order valence-electron chi connectivity index (χ1n) is 19.9. The van der Waals surface area contributed by atoms with Crippen LogP contribution in [0.25, 0.3) is 0 Å². The zero-order chi connectivity index (χ0) is 38.2. The Balaban J connectivity index is 4.39. The number of phosphoric ester groups is 1. The molecule has 2 unspecified atom stereocenters. The number of hydrogen-bond acceptors (Lipinski definition) is 8. The van der Waals surface area contributed by atoms with Gasteiger partial charge in [0, 0.05) is 19.4 Å². The summed E-state index contributed by atoms with van der Waals surface area (Å²) in [6, 6.07) is 0. The molecule has 0 spiro atoms. The molecule has 0 saturated carbocycles. The van der Waals surface area contributed by atoms with Crippen LogP contribution in [0.5, 0.6) is 0 Å². The minimum Gasteiger partial charge on any atom is -0.462 e. The van der Waals surface area contributed by atoms with Gasteiger partial charge in [0.15, 0.2) is 6.10 Å². The van der Waals surface area contributed by atoms with Crippen molar-refractivity contribution in [2.75, 3.05) is 33.4 Å². The van der Waals surface area contributed by atoms with Gasteiger partial charge in [0.05, 0.1) is 13.2 Å². The summed E-state index contributed by atoms with van der Waals surface area (Å²) < 4.78 is 33.0. The number of phosphoric acid groups is 1. The van der Waals surface area contributed by atoms with Crippen LogP contribution in [0.1, 0.15) is 142 Å². The van der Waals surface area contributed by atoms with Crippen LogP contribution in [0.3, 0.4) is 0 Å². The summed E-state index contributed by atoms with van der Waals surface area (Å²) in [6.07, 6.45) is 43.8. The number of unbranched alkanes of at least 4 members (excludes halogenated alkanes) is 10. The van der Waals surface area contributed by atoms with Crippen molar-refractivity contribution in [2.24, 2.45) is 0 Å². The summed E-state index contributed by atoms with van der Waals surface area (Å²) in [6.45, 7) is 3.99. The number of hydrogen-bond donors (Lipinski definition) is 2. The topological polar surface area (TPSA) is 120 Å². The summed E-state index contributed by atoms with van der Waals surface area (Å²) in [5.41, 5.74) is 0. The smallest absolute Gasteiger partial charge is 0.462 e. The van der Waals surface area contributed by atoms with Crippen molar-refractivity contribution in [3.05, 3.63) is 72.9 Å². The van der Waals surface area contributed by atoms with E-state index >= 15 is 0 Å². The zero-order valence-electron chi connectivity index (χ0n) is 32.7. The van der Waals surface area contributed by atoms with Crippen LogP contribution in [0.4, 0.5) is 0 Å². The average Bonchev–Trinajstić information content (AvgIpc) is 3.12. The van der Waals surface area contributed by atoms with E-state index in [1.165, 1.54) is 25.7 Å². The van der Waals surface area contributed by atoms with Crippen molar-refractivity contribution in [1.82, 2.24) is 5.32 Å². The summed E-state index contributed by atoms with van der Waals surface area (Å²) in [5, 5.41) is 2.81. The lowest BCUT2D eigenvalue weighted by atomic mass is 10.1. The van der Waals surface area contributed by atoms with Crippen molar-refractivity contribution in [1.29, 1.82) is 0 Å². The Hall–Kier alpha value is -2.55. The Morgan fingerprint density at radius 3 is 1.67 bits per heavy atom. The third-order valence-electron chi connectivity index (χ3n) is 7.81. The number of nitrogens with one attached hydrogen (secondary N) is 1. The number of rotatable bonds is 36. The molecule has 298 valence electrons. The molecule has 0 aromatic carbocycles. The summed E-state index contributed by atoms with van der Waals surface area (Å²) in [5.74, 6) is -0.880. The Morgan fingerprint density at radius 1 is 0.615 bits per heavy atom. The lowest BCUT2D eigenvalue weighted by Gasteiger charge is -2.20. The number of ether oxygens (including phenoxy) is 2. The molecule has 0 saturated heterocycles. The Labute approximate surface area is 316 Å². The van der Waals surface area contributed by atoms with E-state index in [1.54, 1.807) is 7.05 Å². The Bertz CT molecular complexity index is 1080. The van der Waals surface area contributed by atoms with Crippen LogP contribution >= 0.6 is 7.82 Å². The molecule has 0 aromatic rings. The lowest BCUT2D eigenvalue weighted by molar-refractivity contribution is -0.161. The summed E-state index contributed by atoms with van der Waals surface area (Å²) >= 11 is 0. The Morgan fingerprint density at radius 2 is 1.10 bits per heavy atom. The second-order valence-corrected chi connectivity index (χ2v) is 14.2. The number of likely N-dealkylation sites (N-methyl/N-ethyl adjacent to an activating group) is 1. The molecule has 52 heavy (non-hydrogen) atoms. The fourth-order valence-corrected chi connectivity index (χ4v) is 5.56. The van der Waals surface area contributed by atoms with E-state index in [4.69, 9.17) is 18.5 Å². The molecule has 0 aliphatic rings. The van der Waals surface area contributed by atoms with Gasteiger partial charge in [0.25, 0.3) is 0 Å². The molecule has 0 amide bonds. The Kier molecular flexibility index (Phi) is 36.3. The van der Waals surface area contributed by atoms with Gasteiger partial charge in [0.2, 0.25) is 0 Å². The first-order chi connectivity index (χ1) is 25.3. The van der Waals surface area contributed by atoms with Crippen LogP contribution in [-0.4, -0.2) is 56.3 Å². The van der Waals surface area contributed by atoms with Gasteiger partial charge in [-0.2, -0.15) is 0 Å². The van der Waals surface area contributed by atoms with E-state index in [9.17, 15) is 19.0 Å². The highest BCUT2D eigenvalue weighted by molar-refractivity contribution is 7.47. The largest absolute Gasteiger partial charge is 0.472 e. The number of carbonyl (C=O) groups is 2. The number of allylic oxidation sites excluding steroid dienone is 12. The maximum absolute atomic E-state index is 12.6. The van der Waals surface area contributed by atoms with Gasteiger partial charge in [-0.3, -0.25) is 18.6 Å². The number of carbonyl (C=O) groups excluding carboxylic acids is 2. The molecule has 9 nitrogen and oxygen atoms in total. The molecule has 0 heterocycles. The van der Waals surface area contributed by atoms with Gasteiger partial charge >= 0.3 is 19.8 Å². The fraction of sp³-hybridized carbons (Fsp3) is 0.667. The van der Waals surface area contributed by atoms with Crippen molar-refractivity contribution in [3.8, 4) is 0 Å². The van der Waals surface area contributed by atoms with Crippen LogP contribution in [0, 0.1) is 0 Å². The van der Waals surface area contributed by atoms with Crippen molar-refractivity contribution in [3.63, 3.8) is 0 Å². The second kappa shape index (κ2) is 38.2. The third kappa shape index (κ3) is 37.2. The summed E-state index contributed by atoms with van der Waals surface area (Å²) in [7, 11) is -2.68. The van der Waals surface area contributed by atoms with Crippen molar-refractivity contribution >= 4 is 19.8 Å². The highest BCUT2D eigenvalue weighted by Gasteiger charge is 2.26. The standard InChI is InChI=1S/C42H72NO8P/c1-4-6-8-10-12-14-16-18-20-22-24-26-28-30-32-34-41(44)48-38-40(39-50-52(46,47)49-37-36-43-3)51-42(45)35-33-31-29-27-25-23-21-19-17-15-13-11-9-7-5-2/h7,9,12-15,18-21,25,27,40,43H,4-6,8,10-11,16-17,22-24,26,28-39H2,1-3H3,(H,46,47)/b9-7-,14-12-,15-13-,20-18-,21-19-,27-25-. The minimum absolute atomic E-state index is 0.0312. The van der Waals surface area contributed by atoms with Crippen LogP contribution in [-0.2, 0) is 32.7 Å². The first-order valence-corrected chi connectivity index (χ1v) is 21.4. The van der Waals surface area contributed by atoms with E-state index in [2.05, 4.69) is 92.1 Å². The molecule has 0 bridgehead atoms. The van der Waals surface area contributed by atoms with Gasteiger partial charge < -0.3 is 19.7 Å². The predicted octanol–water partition coefficient (Wildman–Crippen LogP) is 11.0. The SMILES string of the molecule is CC/C=C\C/C=C\C/C=C\C/C=C\CCCCC(=O)OC(COC(=O)CCCCCCC/C=C\C/C=C\CCCCC)COP(=O)(O)OCCNC. The molecular formula is C42H72NO8P. The highest BCUT2D eigenvalue weighted by Crippen LogP contribution is 2.43. The second-order valence-electron chi connectivity index (χ2n) is 12.7. The van der Waals surface area contributed by atoms with E-state index in [1.807, 2.05) is 0 Å². The van der Waals surface area contributed by atoms with Crippen molar-refractivity contribution < 1.29 is 37.6 Å². The minimum atomic E-state index is -4.36. The third-order valence-corrected chi connectivity index (χ3v) is 8.79. The molecule has 0 aliphatic carbocycles. The molecule has 2 N–H and O–H groups in total. The maximum Gasteiger partial charge on any atom is 0.472 e. The average molecular weight is 750 g/mol. The van der Waals surface area contributed by atoms with Gasteiger partial charge in [-0.1, -0.05) is 119 Å². The number of esters is 2.